The van der Waals surface area contributed by atoms with Gasteiger partial charge in [-0.1, -0.05) is 12.8 Å². The van der Waals surface area contributed by atoms with Crippen molar-refractivity contribution >= 4 is 11.5 Å². The average molecular weight is 287 g/mol. The van der Waals surface area contributed by atoms with Crippen LogP contribution in [0.15, 0.2) is 18.2 Å². The second kappa shape index (κ2) is 5.34. The van der Waals surface area contributed by atoms with Gasteiger partial charge in [-0.25, -0.2) is 0 Å². The molecule has 114 valence electrons. The largest absolute Gasteiger partial charge is 0.389 e. The fourth-order valence-electron chi connectivity index (χ4n) is 3.95. The van der Waals surface area contributed by atoms with Crippen molar-refractivity contribution in [2.24, 2.45) is 11.7 Å². The minimum atomic E-state index is -0.427. The third-order valence-corrected chi connectivity index (χ3v) is 5.29. The predicted molar refractivity (Wildman–Crippen MR) is 85.9 cm³/mol. The van der Waals surface area contributed by atoms with Crippen LogP contribution in [0.3, 0.4) is 0 Å². The van der Waals surface area contributed by atoms with E-state index in [0.29, 0.717) is 5.92 Å². The summed E-state index contributed by atoms with van der Waals surface area (Å²) in [6.45, 7) is 3.85. The lowest BCUT2D eigenvalue weighted by atomic mass is 9.71. The second-order valence-corrected chi connectivity index (χ2v) is 6.66. The molecule has 2 fully saturated rings. The molecule has 0 radical (unpaired) electrons. The van der Waals surface area contributed by atoms with Gasteiger partial charge < -0.3 is 15.7 Å². The van der Waals surface area contributed by atoms with E-state index < -0.39 is 5.60 Å². The van der Waals surface area contributed by atoms with Crippen LogP contribution in [-0.2, 0) is 0 Å². The molecule has 1 saturated heterocycles. The van der Waals surface area contributed by atoms with Crippen LogP contribution in [0.1, 0.15) is 43.2 Å². The number of hydrogen-bond acceptors (Lipinski definition) is 3. The highest BCUT2D eigenvalue weighted by Crippen LogP contribution is 2.41. The summed E-state index contributed by atoms with van der Waals surface area (Å²) >= 11 is 0. The number of nitrogens with two attached hydrogens (primary N) is 1. The first kappa shape index (κ1) is 14.4. The van der Waals surface area contributed by atoms with Crippen molar-refractivity contribution in [3.63, 3.8) is 0 Å². The summed E-state index contributed by atoms with van der Waals surface area (Å²) in [7, 11) is 0. The smallest absolute Gasteiger partial charge is 0.123 e. The molecule has 1 heterocycles. The standard InChI is InChI=1S/C17H25N3O/c1-12-10-14(5-6-15(12)16(18)19)20-9-8-17(21)7-3-2-4-13(17)11-20/h5-6,10,13,21H,2-4,7-9,11H2,1H3,(H3,18,19). The molecule has 1 aromatic carbocycles. The monoisotopic (exact) mass is 287 g/mol. The normalized spacial score (nSPS) is 29.0. The third-order valence-electron chi connectivity index (χ3n) is 5.29. The molecular weight excluding hydrogens is 262 g/mol. The predicted octanol–water partition coefficient (Wildman–Crippen LogP) is 2.41. The zero-order chi connectivity index (χ0) is 15.0. The molecule has 2 atom stereocenters. The Kier molecular flexibility index (Phi) is 3.66. The zero-order valence-corrected chi connectivity index (χ0v) is 12.7. The maximum Gasteiger partial charge on any atom is 0.123 e. The maximum absolute atomic E-state index is 10.8. The van der Waals surface area contributed by atoms with Gasteiger partial charge in [0, 0.05) is 30.3 Å². The van der Waals surface area contributed by atoms with Gasteiger partial charge in [-0.15, -0.1) is 0 Å². The van der Waals surface area contributed by atoms with Crippen molar-refractivity contribution in [2.75, 3.05) is 18.0 Å². The molecule has 0 bridgehead atoms. The quantitative estimate of drug-likeness (QED) is 0.577. The van der Waals surface area contributed by atoms with Gasteiger partial charge in [0.25, 0.3) is 0 Å². The van der Waals surface area contributed by atoms with E-state index in [-0.39, 0.29) is 5.84 Å². The van der Waals surface area contributed by atoms with Crippen LogP contribution in [0.2, 0.25) is 0 Å². The topological polar surface area (TPSA) is 73.3 Å². The van der Waals surface area contributed by atoms with Crippen LogP contribution in [0.25, 0.3) is 0 Å². The number of benzene rings is 1. The van der Waals surface area contributed by atoms with Crippen LogP contribution in [-0.4, -0.2) is 29.6 Å². The van der Waals surface area contributed by atoms with E-state index in [1.54, 1.807) is 0 Å². The van der Waals surface area contributed by atoms with Gasteiger partial charge >= 0.3 is 0 Å². The Bertz CT molecular complexity index is 557. The van der Waals surface area contributed by atoms with Gasteiger partial charge in [-0.05, 0) is 49.9 Å². The SMILES string of the molecule is Cc1cc(N2CCC3(O)CCCCC3C2)ccc1C(=N)N. The Morgan fingerprint density at radius 3 is 2.90 bits per heavy atom. The summed E-state index contributed by atoms with van der Waals surface area (Å²) in [6.07, 6.45) is 5.37. The number of nitrogen functional groups attached to an aromatic ring is 1. The van der Waals surface area contributed by atoms with Crippen LogP contribution in [0.4, 0.5) is 5.69 Å². The van der Waals surface area contributed by atoms with E-state index in [1.165, 1.54) is 18.5 Å². The minimum absolute atomic E-state index is 0.124. The molecule has 0 aromatic heterocycles. The van der Waals surface area contributed by atoms with Crippen molar-refractivity contribution in [1.29, 1.82) is 5.41 Å². The number of piperidine rings is 1. The highest BCUT2D eigenvalue weighted by atomic mass is 16.3. The van der Waals surface area contributed by atoms with E-state index in [4.69, 9.17) is 11.1 Å². The molecule has 0 amide bonds. The maximum atomic E-state index is 10.8. The Morgan fingerprint density at radius 2 is 2.19 bits per heavy atom. The lowest BCUT2D eigenvalue weighted by Crippen LogP contribution is -2.53. The Morgan fingerprint density at radius 1 is 1.38 bits per heavy atom. The summed E-state index contributed by atoms with van der Waals surface area (Å²) < 4.78 is 0. The summed E-state index contributed by atoms with van der Waals surface area (Å²) in [5.74, 6) is 0.520. The number of fused-ring (bicyclic) bond motifs is 1. The average Bonchev–Trinajstić information content (AvgIpc) is 2.45. The van der Waals surface area contributed by atoms with E-state index in [9.17, 15) is 5.11 Å². The second-order valence-electron chi connectivity index (χ2n) is 6.66. The van der Waals surface area contributed by atoms with Crippen molar-refractivity contribution in [3.8, 4) is 0 Å². The van der Waals surface area contributed by atoms with Crippen LogP contribution < -0.4 is 10.6 Å². The molecule has 1 aliphatic carbocycles. The minimum Gasteiger partial charge on any atom is -0.389 e. The Hall–Kier alpha value is -1.55. The molecule has 4 N–H and O–H groups in total. The van der Waals surface area contributed by atoms with Crippen molar-refractivity contribution in [1.82, 2.24) is 0 Å². The number of rotatable bonds is 2. The summed E-state index contributed by atoms with van der Waals surface area (Å²) in [5, 5.41) is 18.3. The molecule has 21 heavy (non-hydrogen) atoms. The van der Waals surface area contributed by atoms with E-state index in [1.807, 2.05) is 13.0 Å². The number of hydrogen-bond donors (Lipinski definition) is 3. The van der Waals surface area contributed by atoms with Crippen molar-refractivity contribution in [3.05, 3.63) is 29.3 Å². The van der Waals surface area contributed by atoms with Gasteiger partial charge in [-0.2, -0.15) is 0 Å². The number of aryl methyl sites for hydroxylation is 1. The molecule has 3 rings (SSSR count). The van der Waals surface area contributed by atoms with Crippen LogP contribution >= 0.6 is 0 Å². The highest BCUT2D eigenvalue weighted by Gasteiger charge is 2.42. The lowest BCUT2D eigenvalue weighted by molar-refractivity contribution is -0.0612. The van der Waals surface area contributed by atoms with Gasteiger partial charge in [0.15, 0.2) is 0 Å². The highest BCUT2D eigenvalue weighted by molar-refractivity contribution is 5.96. The fraction of sp³-hybridized carbons (Fsp3) is 0.588. The van der Waals surface area contributed by atoms with E-state index in [0.717, 1.165) is 43.5 Å². The summed E-state index contributed by atoms with van der Waals surface area (Å²) in [4.78, 5) is 2.38. The third kappa shape index (κ3) is 2.64. The van der Waals surface area contributed by atoms with Crippen LogP contribution in [0.5, 0.6) is 0 Å². The Balaban J connectivity index is 1.79. The zero-order valence-electron chi connectivity index (χ0n) is 12.7. The molecule has 2 unspecified atom stereocenters. The number of nitrogens with one attached hydrogen (secondary N) is 1. The first-order valence-corrected chi connectivity index (χ1v) is 7.92. The van der Waals surface area contributed by atoms with Gasteiger partial charge in [0.2, 0.25) is 0 Å². The fourth-order valence-corrected chi connectivity index (χ4v) is 3.95. The van der Waals surface area contributed by atoms with Gasteiger partial charge in [0.05, 0.1) is 5.60 Å². The Labute approximate surface area is 126 Å². The number of anilines is 1. The molecule has 2 aliphatic rings. The van der Waals surface area contributed by atoms with E-state index in [2.05, 4.69) is 17.0 Å². The first-order chi connectivity index (χ1) is 9.99. The summed E-state index contributed by atoms with van der Waals surface area (Å²) in [6, 6.07) is 6.11. The molecule has 0 spiro atoms. The number of amidine groups is 1. The summed E-state index contributed by atoms with van der Waals surface area (Å²) in [5.41, 5.74) is 8.20. The van der Waals surface area contributed by atoms with Crippen LogP contribution in [0, 0.1) is 18.3 Å². The molecule has 1 saturated carbocycles. The number of aliphatic hydroxyl groups is 1. The molecular formula is C17H25N3O. The molecule has 1 aromatic rings. The van der Waals surface area contributed by atoms with Crippen molar-refractivity contribution in [2.45, 2.75) is 44.6 Å². The van der Waals surface area contributed by atoms with E-state index >= 15 is 0 Å². The van der Waals surface area contributed by atoms with Gasteiger partial charge in [0.1, 0.15) is 5.84 Å². The van der Waals surface area contributed by atoms with Gasteiger partial charge in [-0.3, -0.25) is 5.41 Å². The first-order valence-electron chi connectivity index (χ1n) is 7.92. The molecule has 1 aliphatic heterocycles. The lowest BCUT2D eigenvalue weighted by Gasteiger charge is -2.48. The van der Waals surface area contributed by atoms with Crippen molar-refractivity contribution < 1.29 is 5.11 Å². The number of nitrogens with zero attached hydrogens (tertiary/aromatic N) is 1. The molecule has 4 heteroatoms. The molecule has 4 nitrogen and oxygen atoms in total.